The number of anilines is 1. The van der Waals surface area contributed by atoms with Crippen LogP contribution in [0, 0.1) is 11.3 Å². The molecule has 7 nitrogen and oxygen atoms in total. The van der Waals surface area contributed by atoms with Gasteiger partial charge in [-0.15, -0.1) is 0 Å². The number of nitriles is 1. The fourth-order valence-corrected chi connectivity index (χ4v) is 3.85. The van der Waals surface area contributed by atoms with E-state index in [2.05, 4.69) is 9.82 Å². The van der Waals surface area contributed by atoms with Gasteiger partial charge in [0.1, 0.15) is 12.3 Å². The van der Waals surface area contributed by atoms with Crippen molar-refractivity contribution in [2.24, 2.45) is 0 Å². The van der Waals surface area contributed by atoms with E-state index in [4.69, 9.17) is 10.00 Å². The minimum Gasteiger partial charge on any atom is -0.497 e. The Morgan fingerprint density at radius 3 is 2.30 bits per heavy atom. The number of hydrogen-bond donors (Lipinski definition) is 1. The highest BCUT2D eigenvalue weighted by atomic mass is 32.2. The number of methoxy groups -OCH3 is 1. The van der Waals surface area contributed by atoms with Crippen LogP contribution in [0.15, 0.2) is 59.5 Å². The number of rotatable bonds is 6. The Labute approximate surface area is 170 Å². The van der Waals surface area contributed by atoms with Crippen LogP contribution in [-0.4, -0.2) is 25.3 Å². The monoisotopic (exact) mass is 436 g/mol. The summed E-state index contributed by atoms with van der Waals surface area (Å²) in [6.07, 6.45) is -4.89. The second-order valence-electron chi connectivity index (χ2n) is 6.03. The fraction of sp³-hybridized carbons (Fsp3) is 0.158. The summed E-state index contributed by atoms with van der Waals surface area (Å²) in [6.45, 7) is -0.717. The molecule has 0 saturated carbocycles. The zero-order valence-electron chi connectivity index (χ0n) is 15.5. The molecule has 11 heteroatoms. The third-order valence-corrected chi connectivity index (χ3v) is 5.46. The molecule has 0 fully saturated rings. The van der Waals surface area contributed by atoms with E-state index in [0.717, 1.165) is 0 Å². The molecule has 30 heavy (non-hydrogen) atoms. The maximum Gasteiger partial charge on any atom is 0.433 e. The smallest absolute Gasteiger partial charge is 0.433 e. The number of halogens is 3. The Bertz CT molecular complexity index is 1180. The first-order chi connectivity index (χ1) is 14.2. The lowest BCUT2D eigenvalue weighted by Gasteiger charge is -2.12. The molecule has 0 atom stereocenters. The van der Waals surface area contributed by atoms with Crippen molar-refractivity contribution in [2.45, 2.75) is 17.6 Å². The molecule has 156 valence electrons. The number of ether oxygens (including phenoxy) is 1. The van der Waals surface area contributed by atoms with E-state index in [9.17, 15) is 21.6 Å². The highest BCUT2D eigenvalue weighted by Crippen LogP contribution is 2.42. The van der Waals surface area contributed by atoms with Crippen molar-refractivity contribution in [3.63, 3.8) is 0 Å². The van der Waals surface area contributed by atoms with Gasteiger partial charge in [-0.3, -0.25) is 4.72 Å². The SMILES string of the molecule is COc1ccc(-c2c(NS(=O)(=O)c3ccccc3)nn(CC#N)c2C(F)(F)F)cc1. The molecule has 0 bridgehead atoms. The summed E-state index contributed by atoms with van der Waals surface area (Å²) >= 11 is 0. The maximum absolute atomic E-state index is 13.9. The van der Waals surface area contributed by atoms with E-state index in [1.54, 1.807) is 12.1 Å². The van der Waals surface area contributed by atoms with Crippen LogP contribution in [0.25, 0.3) is 11.1 Å². The number of alkyl halides is 3. The minimum absolute atomic E-state index is 0.0538. The first-order valence-corrected chi connectivity index (χ1v) is 9.93. The zero-order chi connectivity index (χ0) is 21.9. The number of nitrogens with zero attached hydrogens (tertiary/aromatic N) is 3. The molecule has 1 aromatic heterocycles. The van der Waals surface area contributed by atoms with Crippen LogP contribution in [0.3, 0.4) is 0 Å². The number of nitrogens with one attached hydrogen (secondary N) is 1. The first kappa shape index (κ1) is 21.2. The Morgan fingerprint density at radius 2 is 1.77 bits per heavy atom. The van der Waals surface area contributed by atoms with Crippen molar-refractivity contribution in [1.29, 1.82) is 5.26 Å². The van der Waals surface area contributed by atoms with Crippen LogP contribution in [0.1, 0.15) is 5.69 Å². The van der Waals surface area contributed by atoms with Gasteiger partial charge in [0.15, 0.2) is 11.5 Å². The lowest BCUT2D eigenvalue weighted by molar-refractivity contribution is -0.143. The molecule has 1 heterocycles. The standard InChI is InChI=1S/C19H15F3N4O3S/c1-29-14-9-7-13(8-10-14)16-17(19(20,21)22)26(12-11-23)24-18(16)25-30(27,28)15-5-3-2-4-6-15/h2-10H,12H2,1H3,(H,24,25). The molecule has 2 aromatic carbocycles. The molecular formula is C19H15F3N4O3S. The molecule has 0 saturated heterocycles. The van der Waals surface area contributed by atoms with E-state index >= 15 is 0 Å². The van der Waals surface area contributed by atoms with Gasteiger partial charge >= 0.3 is 6.18 Å². The minimum atomic E-state index is -4.89. The Hall–Kier alpha value is -3.52. The third-order valence-electron chi connectivity index (χ3n) is 4.10. The van der Waals surface area contributed by atoms with E-state index in [1.807, 2.05) is 0 Å². The summed E-state index contributed by atoms with van der Waals surface area (Å²) in [5, 5.41) is 12.7. The average Bonchev–Trinajstić information content (AvgIpc) is 3.06. The number of hydrogen-bond acceptors (Lipinski definition) is 5. The van der Waals surface area contributed by atoms with Crippen molar-refractivity contribution >= 4 is 15.8 Å². The van der Waals surface area contributed by atoms with Gasteiger partial charge in [-0.25, -0.2) is 13.1 Å². The largest absolute Gasteiger partial charge is 0.497 e. The molecule has 0 amide bonds. The molecule has 0 unspecified atom stereocenters. The second kappa shape index (κ2) is 8.08. The van der Waals surface area contributed by atoms with Crippen molar-refractivity contribution in [3.05, 3.63) is 60.3 Å². The summed E-state index contributed by atoms with van der Waals surface area (Å²) < 4.78 is 74.5. The third kappa shape index (κ3) is 4.23. The van der Waals surface area contributed by atoms with E-state index < -0.39 is 39.8 Å². The van der Waals surface area contributed by atoms with Crippen molar-refractivity contribution in [2.75, 3.05) is 11.8 Å². The molecule has 3 rings (SSSR count). The quantitative estimate of drug-likeness (QED) is 0.632. The van der Waals surface area contributed by atoms with Crippen LogP contribution < -0.4 is 9.46 Å². The summed E-state index contributed by atoms with van der Waals surface area (Å²) in [4.78, 5) is -0.144. The normalized spacial score (nSPS) is 11.7. The number of aromatic nitrogens is 2. The lowest BCUT2D eigenvalue weighted by atomic mass is 10.0. The van der Waals surface area contributed by atoms with Crippen LogP contribution in [0.4, 0.5) is 19.0 Å². The molecule has 0 spiro atoms. The molecule has 0 aliphatic heterocycles. The second-order valence-corrected chi connectivity index (χ2v) is 7.72. The van der Waals surface area contributed by atoms with Crippen LogP contribution in [0.2, 0.25) is 0 Å². The summed E-state index contributed by atoms with van der Waals surface area (Å²) in [5.41, 5.74) is -1.67. The van der Waals surface area contributed by atoms with Crippen LogP contribution in [0.5, 0.6) is 5.75 Å². The highest BCUT2D eigenvalue weighted by Gasteiger charge is 2.41. The van der Waals surface area contributed by atoms with Gasteiger partial charge in [0.25, 0.3) is 10.0 Å². The Kier molecular flexibility index (Phi) is 5.71. The summed E-state index contributed by atoms with van der Waals surface area (Å²) in [5.74, 6) is -0.130. The number of benzene rings is 2. The predicted molar refractivity (Wildman–Crippen MR) is 102 cm³/mol. The lowest BCUT2D eigenvalue weighted by Crippen LogP contribution is -2.15. The predicted octanol–water partition coefficient (Wildman–Crippen LogP) is 3.90. The molecular weight excluding hydrogens is 421 g/mol. The van der Waals surface area contributed by atoms with Crippen molar-refractivity contribution in [3.8, 4) is 22.9 Å². The molecule has 3 aromatic rings. The van der Waals surface area contributed by atoms with Gasteiger partial charge < -0.3 is 4.74 Å². The van der Waals surface area contributed by atoms with Crippen molar-refractivity contribution < 1.29 is 26.3 Å². The van der Waals surface area contributed by atoms with E-state index in [1.165, 1.54) is 55.6 Å². The molecule has 0 aliphatic rings. The maximum atomic E-state index is 13.9. The fourth-order valence-electron chi connectivity index (χ4n) is 2.82. The van der Waals surface area contributed by atoms with Gasteiger partial charge in [0.2, 0.25) is 0 Å². The molecule has 0 radical (unpaired) electrons. The van der Waals surface area contributed by atoms with Gasteiger partial charge in [-0.05, 0) is 29.8 Å². The van der Waals surface area contributed by atoms with Crippen LogP contribution >= 0.6 is 0 Å². The average molecular weight is 436 g/mol. The number of sulfonamides is 1. The van der Waals surface area contributed by atoms with Gasteiger partial charge in [-0.1, -0.05) is 30.3 Å². The summed E-state index contributed by atoms with van der Waals surface area (Å²) in [6, 6.07) is 14.3. The van der Waals surface area contributed by atoms with Crippen LogP contribution in [-0.2, 0) is 22.7 Å². The first-order valence-electron chi connectivity index (χ1n) is 8.44. The Balaban J connectivity index is 2.22. The zero-order valence-corrected chi connectivity index (χ0v) is 16.3. The van der Waals surface area contributed by atoms with E-state index in [0.29, 0.717) is 10.4 Å². The van der Waals surface area contributed by atoms with Gasteiger partial charge in [-0.2, -0.15) is 23.5 Å². The van der Waals surface area contributed by atoms with Gasteiger partial charge in [0, 0.05) is 0 Å². The van der Waals surface area contributed by atoms with E-state index in [-0.39, 0.29) is 10.5 Å². The molecule has 1 N–H and O–H groups in total. The highest BCUT2D eigenvalue weighted by molar-refractivity contribution is 7.92. The van der Waals surface area contributed by atoms with Crippen molar-refractivity contribution in [1.82, 2.24) is 9.78 Å². The molecule has 0 aliphatic carbocycles. The Morgan fingerprint density at radius 1 is 1.13 bits per heavy atom. The van der Waals surface area contributed by atoms with Gasteiger partial charge in [0.05, 0.1) is 23.6 Å². The summed E-state index contributed by atoms with van der Waals surface area (Å²) in [7, 11) is -2.82. The topological polar surface area (TPSA) is 97.0 Å².